The van der Waals surface area contributed by atoms with Crippen LogP contribution in [0.2, 0.25) is 77.1 Å². The Hall–Kier alpha value is 0.596. The van der Waals surface area contributed by atoms with Crippen LogP contribution < -0.4 is 0 Å². The highest BCUT2D eigenvalue weighted by Gasteiger charge is 2.19. The second kappa shape index (κ2) is 12.1. The predicted molar refractivity (Wildman–Crippen MR) is 123 cm³/mol. The van der Waals surface area contributed by atoms with Gasteiger partial charge >= 0.3 is 0 Å². The Morgan fingerprint density at radius 2 is 0.720 bits per heavy atom. The maximum absolute atomic E-state index is 5.96. The number of rotatable bonds is 15. The SMILES string of the molecule is C[Si](C)(C)CCOCB(COCC[Si](C)(C)C)COCC[Si](C)(C)C. The molecule has 0 N–H and O–H groups in total. The highest BCUT2D eigenvalue weighted by atomic mass is 28.3. The van der Waals surface area contributed by atoms with Gasteiger partial charge < -0.3 is 14.2 Å². The van der Waals surface area contributed by atoms with Gasteiger partial charge in [0, 0.05) is 63.6 Å². The molecule has 0 aromatic heterocycles. The summed E-state index contributed by atoms with van der Waals surface area (Å²) in [6.45, 7) is 26.9. The van der Waals surface area contributed by atoms with Crippen LogP contribution in [0, 0.1) is 0 Å². The summed E-state index contributed by atoms with van der Waals surface area (Å²) in [4.78, 5) is 0. The van der Waals surface area contributed by atoms with Crippen LogP contribution in [0.5, 0.6) is 0 Å². The van der Waals surface area contributed by atoms with Crippen molar-refractivity contribution in [2.75, 3.05) is 39.3 Å². The van der Waals surface area contributed by atoms with E-state index in [9.17, 15) is 0 Å². The van der Waals surface area contributed by atoms with Crippen LogP contribution in [0.3, 0.4) is 0 Å². The van der Waals surface area contributed by atoms with Crippen molar-refractivity contribution in [2.24, 2.45) is 0 Å². The van der Waals surface area contributed by atoms with Crippen LogP contribution in [0.15, 0.2) is 0 Å². The molecule has 7 heteroatoms. The molecule has 0 aromatic carbocycles. The molecule has 0 heterocycles. The first-order chi connectivity index (χ1) is 11.3. The van der Waals surface area contributed by atoms with Gasteiger partial charge in [0.05, 0.1) is 0 Å². The van der Waals surface area contributed by atoms with E-state index in [-0.39, 0.29) is 0 Å². The Kier molecular flexibility index (Phi) is 12.4. The molecule has 0 saturated carbocycles. The molecule has 0 bridgehead atoms. The van der Waals surface area contributed by atoms with E-state index in [2.05, 4.69) is 58.9 Å². The minimum Gasteiger partial charge on any atom is -0.390 e. The Bertz CT molecular complexity index is 284. The number of hydrogen-bond donors (Lipinski definition) is 0. The number of hydrogen-bond acceptors (Lipinski definition) is 3. The van der Waals surface area contributed by atoms with Crippen molar-refractivity contribution in [1.82, 2.24) is 0 Å². The molecule has 150 valence electrons. The summed E-state index contributed by atoms with van der Waals surface area (Å²) in [7, 11) is -3.04. The van der Waals surface area contributed by atoms with Crippen molar-refractivity contribution in [1.29, 1.82) is 0 Å². The van der Waals surface area contributed by atoms with Gasteiger partial charge in [-0.15, -0.1) is 0 Å². The molecular weight excluding hydrogens is 359 g/mol. The summed E-state index contributed by atoms with van der Waals surface area (Å²) in [5.41, 5.74) is 0. The van der Waals surface area contributed by atoms with Crippen LogP contribution in [-0.2, 0) is 14.2 Å². The average molecular weight is 405 g/mol. The smallest absolute Gasteiger partial charge is 0.231 e. The molecule has 0 unspecified atom stereocenters. The Balaban J connectivity index is 4.12. The Labute approximate surface area is 161 Å². The second-order valence-corrected chi connectivity index (χ2v) is 27.9. The highest BCUT2D eigenvalue weighted by molar-refractivity contribution is 6.76. The van der Waals surface area contributed by atoms with Gasteiger partial charge in [0.25, 0.3) is 0 Å². The molecule has 0 spiro atoms. The minimum absolute atomic E-state index is 0.366. The lowest BCUT2D eigenvalue weighted by Crippen LogP contribution is -2.36. The summed E-state index contributed by atoms with van der Waals surface area (Å²) in [6.07, 6.45) is 0. The fraction of sp³-hybridized carbons (Fsp3) is 1.00. The lowest BCUT2D eigenvalue weighted by molar-refractivity contribution is 0.145. The zero-order valence-corrected chi connectivity index (χ0v) is 21.7. The molecule has 0 atom stereocenters. The van der Waals surface area contributed by atoms with Gasteiger partial charge in [-0.25, -0.2) is 0 Å². The molecule has 0 aliphatic rings. The standard InChI is InChI=1S/C18H45BO3Si3/c1-23(2,3)13-10-20-16-19(17-21-11-14-24(4,5)6)18-22-12-15-25(7,8)9/h10-18H2,1-9H3. The molecule has 0 aromatic rings. The predicted octanol–water partition coefficient (Wildman–Crippen LogP) is 5.16. The average Bonchev–Trinajstić information content (AvgIpc) is 2.40. The van der Waals surface area contributed by atoms with Crippen molar-refractivity contribution < 1.29 is 14.2 Å². The molecule has 0 amide bonds. The summed E-state index contributed by atoms with van der Waals surface area (Å²) in [5, 5.41) is 0. The molecule has 0 radical (unpaired) electrons. The maximum Gasteiger partial charge on any atom is 0.231 e. The van der Waals surface area contributed by atoms with Crippen LogP contribution >= 0.6 is 0 Å². The molecule has 0 fully saturated rings. The largest absolute Gasteiger partial charge is 0.390 e. The van der Waals surface area contributed by atoms with Crippen LogP contribution in [-0.4, -0.2) is 70.3 Å². The topological polar surface area (TPSA) is 27.7 Å². The minimum atomic E-state index is -1.01. The van der Waals surface area contributed by atoms with Gasteiger partial charge in [0.2, 0.25) is 6.71 Å². The van der Waals surface area contributed by atoms with Gasteiger partial charge in [0.1, 0.15) is 0 Å². The maximum atomic E-state index is 5.96. The van der Waals surface area contributed by atoms with E-state index >= 15 is 0 Å². The van der Waals surface area contributed by atoms with Crippen molar-refractivity contribution in [3.8, 4) is 0 Å². The zero-order chi connectivity index (χ0) is 19.6. The van der Waals surface area contributed by atoms with E-state index in [1.807, 2.05) is 0 Å². The molecule has 0 rings (SSSR count). The highest BCUT2D eigenvalue weighted by Crippen LogP contribution is 2.10. The zero-order valence-electron chi connectivity index (χ0n) is 18.7. The first kappa shape index (κ1) is 25.6. The van der Waals surface area contributed by atoms with Crippen LogP contribution in [0.4, 0.5) is 0 Å². The van der Waals surface area contributed by atoms with Crippen molar-refractivity contribution >= 4 is 30.9 Å². The van der Waals surface area contributed by atoms with Gasteiger partial charge in [-0.2, -0.15) is 0 Å². The van der Waals surface area contributed by atoms with E-state index in [1.165, 1.54) is 18.1 Å². The first-order valence-corrected chi connectivity index (χ1v) is 21.1. The van der Waals surface area contributed by atoms with E-state index in [0.717, 1.165) is 39.3 Å². The molecule has 25 heavy (non-hydrogen) atoms. The van der Waals surface area contributed by atoms with Gasteiger partial charge in [-0.3, -0.25) is 0 Å². The van der Waals surface area contributed by atoms with Crippen molar-refractivity contribution in [3.63, 3.8) is 0 Å². The van der Waals surface area contributed by atoms with Crippen molar-refractivity contribution in [2.45, 2.75) is 77.1 Å². The van der Waals surface area contributed by atoms with Crippen LogP contribution in [0.1, 0.15) is 0 Å². The fourth-order valence-electron chi connectivity index (χ4n) is 2.03. The van der Waals surface area contributed by atoms with E-state index in [0.29, 0.717) is 6.71 Å². The normalized spacial score (nSPS) is 13.3. The summed E-state index contributed by atoms with van der Waals surface area (Å²) in [6, 6.07) is 3.69. The summed E-state index contributed by atoms with van der Waals surface area (Å²) < 4.78 is 17.9. The lowest BCUT2D eigenvalue weighted by atomic mass is 9.52. The lowest BCUT2D eigenvalue weighted by Gasteiger charge is -2.20. The number of ether oxygens (including phenoxy) is 3. The van der Waals surface area contributed by atoms with Gasteiger partial charge in [-0.1, -0.05) is 58.9 Å². The second-order valence-electron chi connectivity index (χ2n) is 11.0. The third kappa shape index (κ3) is 20.8. The molecule has 3 nitrogen and oxygen atoms in total. The summed E-state index contributed by atoms with van der Waals surface area (Å²) in [5.74, 6) is 0. The van der Waals surface area contributed by atoms with Gasteiger partial charge in [0.15, 0.2) is 0 Å². The quantitative estimate of drug-likeness (QED) is 0.279. The molecule has 0 saturated heterocycles. The molecular formula is C18H45BO3Si3. The third-order valence-corrected chi connectivity index (χ3v) is 9.16. The fourth-order valence-corrected chi connectivity index (χ4v) is 4.30. The monoisotopic (exact) mass is 404 g/mol. The van der Waals surface area contributed by atoms with Crippen molar-refractivity contribution in [3.05, 3.63) is 0 Å². The Morgan fingerprint density at radius 3 is 0.920 bits per heavy atom. The van der Waals surface area contributed by atoms with E-state index in [1.54, 1.807) is 0 Å². The third-order valence-electron chi connectivity index (χ3n) is 4.05. The molecule has 0 aliphatic heterocycles. The molecule has 0 aliphatic carbocycles. The van der Waals surface area contributed by atoms with E-state index in [4.69, 9.17) is 14.2 Å². The van der Waals surface area contributed by atoms with Crippen LogP contribution in [0.25, 0.3) is 0 Å². The van der Waals surface area contributed by atoms with E-state index < -0.39 is 24.2 Å². The Morgan fingerprint density at radius 1 is 0.480 bits per heavy atom. The first-order valence-electron chi connectivity index (χ1n) is 10.0. The summed E-state index contributed by atoms with van der Waals surface area (Å²) >= 11 is 0. The van der Waals surface area contributed by atoms with Gasteiger partial charge in [-0.05, 0) is 18.1 Å².